The molecule has 50 valence electrons. The highest BCUT2D eigenvalue weighted by Crippen LogP contribution is 2.44. The largest absolute Gasteiger partial charge is 0.0880 e. The van der Waals surface area contributed by atoms with Crippen LogP contribution in [0.2, 0.25) is 0 Å². The zero-order valence-corrected chi connectivity index (χ0v) is 6.01. The Kier molecular flexibility index (Phi) is 1.14. The lowest BCUT2D eigenvalue weighted by molar-refractivity contribution is 0.127. The normalized spacial score (nSPS) is 47.9. The summed E-state index contributed by atoms with van der Waals surface area (Å²) in [5, 5.41) is 0. The van der Waals surface area contributed by atoms with Crippen LogP contribution in [0.3, 0.4) is 0 Å². The van der Waals surface area contributed by atoms with Crippen LogP contribution in [0, 0.1) is 17.8 Å². The molecular weight excluding hydrogens is 108 g/mol. The molecule has 0 heteroatoms. The number of hydrogen-bond acceptors (Lipinski definition) is 0. The Morgan fingerprint density at radius 3 is 2.67 bits per heavy atom. The van der Waals surface area contributed by atoms with E-state index in [1.54, 1.807) is 0 Å². The maximum atomic E-state index is 2.39. The fourth-order valence-electron chi connectivity index (χ4n) is 2.19. The Labute approximate surface area is 57.0 Å². The first-order valence-corrected chi connectivity index (χ1v) is 4.04. The fourth-order valence-corrected chi connectivity index (χ4v) is 2.19. The Bertz CT molecular complexity index is 135. The van der Waals surface area contributed by atoms with Gasteiger partial charge in [0.25, 0.3) is 0 Å². The van der Waals surface area contributed by atoms with Crippen LogP contribution in [0.5, 0.6) is 0 Å². The van der Waals surface area contributed by atoms with E-state index in [1.165, 1.54) is 19.3 Å². The van der Waals surface area contributed by atoms with Gasteiger partial charge in [-0.1, -0.05) is 19.1 Å². The Hall–Kier alpha value is -0.260. The van der Waals surface area contributed by atoms with E-state index in [9.17, 15) is 0 Å². The molecule has 0 saturated heterocycles. The third-order valence-corrected chi connectivity index (χ3v) is 3.03. The zero-order valence-electron chi connectivity index (χ0n) is 6.01. The van der Waals surface area contributed by atoms with E-state index < -0.39 is 0 Å². The van der Waals surface area contributed by atoms with Gasteiger partial charge < -0.3 is 0 Å². The minimum atomic E-state index is 0.887. The molecule has 1 fully saturated rings. The Morgan fingerprint density at radius 2 is 2.22 bits per heavy atom. The number of rotatable bonds is 0. The molecule has 1 saturated carbocycles. The van der Waals surface area contributed by atoms with Gasteiger partial charge in [0.2, 0.25) is 0 Å². The number of hydrogen-bond donors (Lipinski definition) is 0. The first-order valence-electron chi connectivity index (χ1n) is 4.04. The lowest BCUT2D eigenvalue weighted by Crippen LogP contribution is -2.32. The second kappa shape index (κ2) is 1.86. The zero-order chi connectivity index (χ0) is 6.27. The van der Waals surface area contributed by atoms with Crippen LogP contribution >= 0.6 is 0 Å². The van der Waals surface area contributed by atoms with E-state index in [1.807, 2.05) is 0 Å². The maximum absolute atomic E-state index is 2.39. The van der Waals surface area contributed by atoms with E-state index in [0.717, 1.165) is 17.8 Å². The minimum absolute atomic E-state index is 0.887. The molecule has 0 nitrogen and oxygen atoms in total. The number of allylic oxidation sites excluding steroid dienone is 2. The topological polar surface area (TPSA) is 0 Å². The molecule has 0 amide bonds. The van der Waals surface area contributed by atoms with Crippen molar-refractivity contribution in [2.75, 3.05) is 0 Å². The van der Waals surface area contributed by atoms with Gasteiger partial charge in [0, 0.05) is 0 Å². The smallest absolute Gasteiger partial charge is 0.0231 e. The average Bonchev–Trinajstić information content (AvgIpc) is 1.74. The Balaban J connectivity index is 2.11. The molecule has 0 aliphatic heterocycles. The maximum Gasteiger partial charge on any atom is -0.0231 e. The van der Waals surface area contributed by atoms with Crippen molar-refractivity contribution in [2.45, 2.75) is 26.2 Å². The predicted molar refractivity (Wildman–Crippen MR) is 39.1 cm³/mol. The monoisotopic (exact) mass is 122 g/mol. The molecule has 0 bridgehead atoms. The lowest BCUT2D eigenvalue weighted by atomic mass is 9.64. The van der Waals surface area contributed by atoms with Gasteiger partial charge in [-0.25, -0.2) is 0 Å². The van der Waals surface area contributed by atoms with Gasteiger partial charge in [0.05, 0.1) is 0 Å². The van der Waals surface area contributed by atoms with Crippen molar-refractivity contribution in [3.63, 3.8) is 0 Å². The van der Waals surface area contributed by atoms with Crippen LogP contribution < -0.4 is 0 Å². The second-order valence-corrected chi connectivity index (χ2v) is 3.52. The van der Waals surface area contributed by atoms with Crippen LogP contribution in [0.25, 0.3) is 0 Å². The third kappa shape index (κ3) is 0.726. The molecule has 9 heavy (non-hydrogen) atoms. The van der Waals surface area contributed by atoms with Crippen molar-refractivity contribution >= 4 is 0 Å². The van der Waals surface area contributed by atoms with Crippen LogP contribution in [-0.2, 0) is 0 Å². The summed E-state index contributed by atoms with van der Waals surface area (Å²) >= 11 is 0. The molecule has 0 radical (unpaired) electrons. The highest BCUT2D eigenvalue weighted by molar-refractivity contribution is 5.02. The molecule has 0 spiro atoms. The van der Waals surface area contributed by atoms with Crippen molar-refractivity contribution in [1.82, 2.24) is 0 Å². The van der Waals surface area contributed by atoms with Crippen molar-refractivity contribution in [1.29, 1.82) is 0 Å². The standard InChI is InChI=1S/C9H14/c1-7-3-2-4-8-5-6-9(7)8/h2-3,7-9H,4-6H2,1H3/t7-,8?,9?/m1/s1. The molecule has 0 heterocycles. The SMILES string of the molecule is C[C@@H]1C=CCC2CCC21. The fraction of sp³-hybridized carbons (Fsp3) is 0.778. The lowest BCUT2D eigenvalue weighted by Gasteiger charge is -2.42. The van der Waals surface area contributed by atoms with Crippen molar-refractivity contribution < 1.29 is 0 Å². The Morgan fingerprint density at radius 1 is 1.33 bits per heavy atom. The number of fused-ring (bicyclic) bond motifs is 1. The van der Waals surface area contributed by atoms with E-state index in [0.29, 0.717) is 0 Å². The highest BCUT2D eigenvalue weighted by atomic mass is 14.4. The second-order valence-electron chi connectivity index (χ2n) is 3.52. The van der Waals surface area contributed by atoms with Crippen LogP contribution in [0.4, 0.5) is 0 Å². The highest BCUT2D eigenvalue weighted by Gasteiger charge is 2.34. The van der Waals surface area contributed by atoms with Gasteiger partial charge in [0.15, 0.2) is 0 Å². The molecule has 2 unspecified atom stereocenters. The minimum Gasteiger partial charge on any atom is -0.0880 e. The molecule has 0 aromatic rings. The van der Waals surface area contributed by atoms with Gasteiger partial charge in [-0.15, -0.1) is 0 Å². The van der Waals surface area contributed by atoms with E-state index in [-0.39, 0.29) is 0 Å². The third-order valence-electron chi connectivity index (χ3n) is 3.03. The quantitative estimate of drug-likeness (QED) is 0.433. The van der Waals surface area contributed by atoms with Crippen molar-refractivity contribution in [3.05, 3.63) is 12.2 Å². The summed E-state index contributed by atoms with van der Waals surface area (Å²) < 4.78 is 0. The first kappa shape index (κ1) is 5.52. The summed E-state index contributed by atoms with van der Waals surface area (Å²) in [7, 11) is 0. The van der Waals surface area contributed by atoms with Crippen molar-refractivity contribution in [2.24, 2.45) is 17.8 Å². The molecule has 3 atom stereocenters. The summed E-state index contributed by atoms with van der Waals surface area (Å²) in [5.41, 5.74) is 0. The summed E-state index contributed by atoms with van der Waals surface area (Å²) in [6, 6.07) is 0. The van der Waals surface area contributed by atoms with Crippen LogP contribution in [-0.4, -0.2) is 0 Å². The van der Waals surface area contributed by atoms with Crippen LogP contribution in [0.15, 0.2) is 12.2 Å². The summed E-state index contributed by atoms with van der Waals surface area (Å²) in [6.07, 6.45) is 9.12. The molecular formula is C9H14. The summed E-state index contributed by atoms with van der Waals surface area (Å²) in [6.45, 7) is 2.35. The van der Waals surface area contributed by atoms with Crippen molar-refractivity contribution in [3.8, 4) is 0 Å². The van der Waals surface area contributed by atoms with E-state index >= 15 is 0 Å². The molecule has 2 aliphatic rings. The average molecular weight is 122 g/mol. The molecule has 2 aliphatic carbocycles. The summed E-state index contributed by atoms with van der Waals surface area (Å²) in [4.78, 5) is 0. The van der Waals surface area contributed by atoms with E-state index in [2.05, 4.69) is 19.1 Å². The molecule has 0 aromatic carbocycles. The van der Waals surface area contributed by atoms with Gasteiger partial charge >= 0.3 is 0 Å². The molecule has 2 rings (SSSR count). The van der Waals surface area contributed by atoms with Gasteiger partial charge in [-0.05, 0) is 37.0 Å². The van der Waals surface area contributed by atoms with Crippen LogP contribution in [0.1, 0.15) is 26.2 Å². The first-order chi connectivity index (χ1) is 4.38. The summed E-state index contributed by atoms with van der Waals surface area (Å²) in [5.74, 6) is 3.03. The molecule has 0 aromatic heterocycles. The molecule has 0 N–H and O–H groups in total. The van der Waals surface area contributed by atoms with Gasteiger partial charge in [-0.2, -0.15) is 0 Å². The van der Waals surface area contributed by atoms with Gasteiger partial charge in [0.1, 0.15) is 0 Å². The van der Waals surface area contributed by atoms with E-state index in [4.69, 9.17) is 0 Å². The van der Waals surface area contributed by atoms with Gasteiger partial charge in [-0.3, -0.25) is 0 Å². The predicted octanol–water partition coefficient (Wildman–Crippen LogP) is 2.61.